The van der Waals surface area contributed by atoms with Crippen LogP contribution in [0.4, 0.5) is 5.69 Å². The van der Waals surface area contributed by atoms with Gasteiger partial charge in [0.05, 0.1) is 18.0 Å². The van der Waals surface area contributed by atoms with E-state index < -0.39 is 16.8 Å². The molecule has 1 N–H and O–H groups in total. The van der Waals surface area contributed by atoms with E-state index in [2.05, 4.69) is 0 Å². The van der Waals surface area contributed by atoms with E-state index in [4.69, 9.17) is 4.74 Å². The molecule has 0 aliphatic carbocycles. The van der Waals surface area contributed by atoms with E-state index in [-0.39, 0.29) is 12.1 Å². The van der Waals surface area contributed by atoms with E-state index in [1.165, 1.54) is 6.07 Å². The van der Waals surface area contributed by atoms with Crippen molar-refractivity contribution < 1.29 is 19.6 Å². The summed E-state index contributed by atoms with van der Waals surface area (Å²) in [5, 5.41) is 20.7. The Morgan fingerprint density at radius 1 is 1.21 bits per heavy atom. The molecular weight excluding hydrogens is 310 g/mol. The van der Waals surface area contributed by atoms with Gasteiger partial charge in [0.2, 0.25) is 0 Å². The van der Waals surface area contributed by atoms with Crippen LogP contribution in [0.15, 0.2) is 36.4 Å². The van der Waals surface area contributed by atoms with Crippen molar-refractivity contribution in [3.8, 4) is 5.75 Å². The number of benzene rings is 2. The molecule has 1 atom stereocenters. The fraction of sp³-hybridized carbons (Fsp3) is 0.278. The second-order valence-electron chi connectivity index (χ2n) is 5.70. The zero-order valence-corrected chi connectivity index (χ0v) is 13.8. The lowest BCUT2D eigenvalue weighted by atomic mass is 9.88. The molecule has 0 saturated carbocycles. The van der Waals surface area contributed by atoms with Crippen LogP contribution < -0.4 is 4.74 Å². The van der Waals surface area contributed by atoms with Gasteiger partial charge >= 0.3 is 5.97 Å². The third-order valence-corrected chi connectivity index (χ3v) is 4.06. The van der Waals surface area contributed by atoms with E-state index in [0.717, 1.165) is 5.56 Å². The Labute approximate surface area is 139 Å². The summed E-state index contributed by atoms with van der Waals surface area (Å²) in [4.78, 5) is 22.3. The van der Waals surface area contributed by atoms with E-state index >= 15 is 0 Å². The number of hydrogen-bond acceptors (Lipinski definition) is 4. The van der Waals surface area contributed by atoms with Crippen molar-refractivity contribution in [1.82, 2.24) is 0 Å². The molecule has 0 fully saturated rings. The molecule has 0 aliphatic rings. The van der Waals surface area contributed by atoms with Crippen molar-refractivity contribution in [3.05, 3.63) is 68.8 Å². The Morgan fingerprint density at radius 2 is 1.92 bits per heavy atom. The van der Waals surface area contributed by atoms with Gasteiger partial charge in [0.15, 0.2) is 0 Å². The molecule has 0 bridgehead atoms. The summed E-state index contributed by atoms with van der Waals surface area (Å²) in [6.07, 6.45) is 0.184. The number of nitrogens with zero attached hydrogens (tertiary/aromatic N) is 1. The van der Waals surface area contributed by atoms with Gasteiger partial charge in [0.1, 0.15) is 5.75 Å². The number of rotatable bonds is 6. The molecule has 6 nitrogen and oxygen atoms in total. The SMILES string of the molecule is COc1ccc(C(Cc2ccc(C)c([N+](=O)[O-])c2)C(=O)O)c(C)c1. The highest BCUT2D eigenvalue weighted by Gasteiger charge is 2.23. The maximum absolute atomic E-state index is 11.7. The Hall–Kier alpha value is -2.89. The molecular formula is C18H19NO5. The van der Waals surface area contributed by atoms with Crippen molar-refractivity contribution in [2.45, 2.75) is 26.2 Å². The van der Waals surface area contributed by atoms with Crippen LogP contribution in [-0.4, -0.2) is 23.1 Å². The lowest BCUT2D eigenvalue weighted by Gasteiger charge is -2.16. The van der Waals surface area contributed by atoms with Crippen LogP contribution in [-0.2, 0) is 11.2 Å². The number of carbonyl (C=O) groups is 1. The fourth-order valence-corrected chi connectivity index (χ4v) is 2.71. The molecule has 0 spiro atoms. The van der Waals surface area contributed by atoms with Crippen molar-refractivity contribution in [1.29, 1.82) is 0 Å². The van der Waals surface area contributed by atoms with Gasteiger partial charge in [-0.1, -0.05) is 18.2 Å². The second kappa shape index (κ2) is 7.12. The van der Waals surface area contributed by atoms with E-state index in [1.807, 2.05) is 6.92 Å². The number of aliphatic carboxylic acids is 1. The number of nitro groups is 1. The largest absolute Gasteiger partial charge is 0.497 e. The van der Waals surface area contributed by atoms with Gasteiger partial charge in [-0.2, -0.15) is 0 Å². The number of methoxy groups -OCH3 is 1. The van der Waals surface area contributed by atoms with Gasteiger partial charge in [0.25, 0.3) is 5.69 Å². The van der Waals surface area contributed by atoms with Gasteiger partial charge in [-0.25, -0.2) is 0 Å². The Kier molecular flexibility index (Phi) is 5.18. The second-order valence-corrected chi connectivity index (χ2v) is 5.70. The highest BCUT2D eigenvalue weighted by atomic mass is 16.6. The summed E-state index contributed by atoms with van der Waals surface area (Å²) in [6, 6.07) is 10.1. The van der Waals surface area contributed by atoms with Gasteiger partial charge in [0, 0.05) is 11.6 Å². The van der Waals surface area contributed by atoms with Crippen molar-refractivity contribution in [2.24, 2.45) is 0 Å². The average Bonchev–Trinajstić information content (AvgIpc) is 2.53. The normalized spacial score (nSPS) is 11.8. The number of ether oxygens (including phenoxy) is 1. The Morgan fingerprint density at radius 3 is 2.46 bits per heavy atom. The van der Waals surface area contributed by atoms with E-state index in [1.54, 1.807) is 44.4 Å². The molecule has 2 aromatic carbocycles. The predicted molar refractivity (Wildman–Crippen MR) is 89.6 cm³/mol. The van der Waals surface area contributed by atoms with Crippen molar-refractivity contribution in [3.63, 3.8) is 0 Å². The summed E-state index contributed by atoms with van der Waals surface area (Å²) in [5.41, 5.74) is 2.66. The number of hydrogen-bond donors (Lipinski definition) is 1. The first-order valence-electron chi connectivity index (χ1n) is 7.44. The van der Waals surface area contributed by atoms with Crippen LogP contribution in [0.3, 0.4) is 0 Å². The monoisotopic (exact) mass is 329 g/mol. The quantitative estimate of drug-likeness (QED) is 0.645. The van der Waals surface area contributed by atoms with E-state index in [0.29, 0.717) is 22.4 Å². The van der Waals surface area contributed by atoms with Gasteiger partial charge < -0.3 is 9.84 Å². The van der Waals surface area contributed by atoms with Gasteiger partial charge in [-0.3, -0.25) is 14.9 Å². The molecule has 0 aliphatic heterocycles. The van der Waals surface area contributed by atoms with Crippen molar-refractivity contribution >= 4 is 11.7 Å². The molecule has 2 rings (SSSR count). The molecule has 1 unspecified atom stereocenters. The lowest BCUT2D eigenvalue weighted by molar-refractivity contribution is -0.385. The minimum absolute atomic E-state index is 0.00286. The molecule has 0 radical (unpaired) electrons. The van der Waals surface area contributed by atoms with Crippen molar-refractivity contribution in [2.75, 3.05) is 7.11 Å². The third kappa shape index (κ3) is 3.71. The first-order valence-corrected chi connectivity index (χ1v) is 7.44. The molecule has 6 heteroatoms. The highest BCUT2D eigenvalue weighted by Crippen LogP contribution is 2.29. The summed E-state index contributed by atoms with van der Waals surface area (Å²) >= 11 is 0. The topological polar surface area (TPSA) is 89.7 Å². The van der Waals surface area contributed by atoms with Gasteiger partial charge in [-0.05, 0) is 49.1 Å². The number of aryl methyl sites for hydroxylation is 2. The molecule has 126 valence electrons. The fourth-order valence-electron chi connectivity index (χ4n) is 2.71. The lowest BCUT2D eigenvalue weighted by Crippen LogP contribution is -2.16. The zero-order valence-electron chi connectivity index (χ0n) is 13.8. The molecule has 0 amide bonds. The molecule has 24 heavy (non-hydrogen) atoms. The molecule has 0 saturated heterocycles. The summed E-state index contributed by atoms with van der Waals surface area (Å²) in [5.74, 6) is -1.09. The van der Waals surface area contributed by atoms with Crippen LogP contribution in [0.5, 0.6) is 5.75 Å². The summed E-state index contributed by atoms with van der Waals surface area (Å²) in [6.45, 7) is 3.48. The summed E-state index contributed by atoms with van der Waals surface area (Å²) in [7, 11) is 1.55. The van der Waals surface area contributed by atoms with Crippen LogP contribution in [0.2, 0.25) is 0 Å². The van der Waals surface area contributed by atoms with Crippen LogP contribution in [0.25, 0.3) is 0 Å². The standard InChI is InChI=1S/C18H19NO5/c1-11-4-5-13(10-17(11)19(22)23)9-16(18(20)21)15-7-6-14(24-3)8-12(15)2/h4-8,10,16H,9H2,1-3H3,(H,20,21). The maximum Gasteiger partial charge on any atom is 0.311 e. The predicted octanol–water partition coefficient (Wildman–Crippen LogP) is 3.63. The molecule has 2 aromatic rings. The zero-order chi connectivity index (χ0) is 17.9. The van der Waals surface area contributed by atoms with Crippen LogP contribution >= 0.6 is 0 Å². The molecule has 0 aromatic heterocycles. The molecule has 0 heterocycles. The van der Waals surface area contributed by atoms with Crippen LogP contribution in [0.1, 0.15) is 28.2 Å². The Balaban J connectivity index is 2.38. The highest BCUT2D eigenvalue weighted by molar-refractivity contribution is 5.77. The minimum Gasteiger partial charge on any atom is -0.497 e. The number of carboxylic acids is 1. The van der Waals surface area contributed by atoms with Gasteiger partial charge in [-0.15, -0.1) is 0 Å². The first-order chi connectivity index (χ1) is 11.3. The maximum atomic E-state index is 11.7. The summed E-state index contributed by atoms with van der Waals surface area (Å²) < 4.78 is 5.14. The van der Waals surface area contributed by atoms with Crippen LogP contribution in [0, 0.1) is 24.0 Å². The number of nitro benzene ring substituents is 1. The average molecular weight is 329 g/mol. The van der Waals surface area contributed by atoms with E-state index in [9.17, 15) is 20.0 Å². The Bertz CT molecular complexity index is 785. The first kappa shape index (κ1) is 17.5. The third-order valence-electron chi connectivity index (χ3n) is 4.06. The number of carboxylic acid groups (broad SMARTS) is 1. The smallest absolute Gasteiger partial charge is 0.311 e. The minimum atomic E-state index is -0.966.